The molecule has 0 unspecified atom stereocenters. The Morgan fingerprint density at radius 1 is 1.17 bits per heavy atom. The molecule has 0 amide bonds. The molecule has 0 N–H and O–H groups in total. The van der Waals surface area contributed by atoms with E-state index < -0.39 is 0 Å². The summed E-state index contributed by atoms with van der Waals surface area (Å²) in [5, 5.41) is 0. The lowest BCUT2D eigenvalue weighted by Gasteiger charge is -2.07. The van der Waals surface area contributed by atoms with E-state index in [1.807, 2.05) is 25.1 Å². The molecule has 0 heterocycles. The fourth-order valence-corrected chi connectivity index (χ4v) is 1.69. The van der Waals surface area contributed by atoms with Crippen molar-refractivity contribution < 1.29 is 0 Å². The second-order valence-corrected chi connectivity index (χ2v) is 4.06. The Balaban J connectivity index is 2.86. The molecule has 18 heavy (non-hydrogen) atoms. The van der Waals surface area contributed by atoms with Gasteiger partial charge in [-0.2, -0.15) is 0 Å². The van der Waals surface area contributed by atoms with Crippen LogP contribution < -0.4 is 0 Å². The standard InChI is InChI=1S/C17H21N/c1-4-5-6-7-11-14-17(15(2)18-3)16-12-9-8-10-13-16/h5-13H,3-4,14H2,1-2H3/b6-5-,11-7-,17-15+. The monoisotopic (exact) mass is 239 g/mol. The fraction of sp³-hybridized carbons (Fsp3) is 0.235. The first-order valence-electron chi connectivity index (χ1n) is 6.33. The quantitative estimate of drug-likeness (QED) is 0.487. The van der Waals surface area contributed by atoms with Gasteiger partial charge in [-0.05, 0) is 37.6 Å². The molecular weight excluding hydrogens is 218 g/mol. The minimum absolute atomic E-state index is 0.878. The molecule has 0 atom stereocenters. The molecule has 0 aliphatic rings. The lowest BCUT2D eigenvalue weighted by atomic mass is 10.0. The van der Waals surface area contributed by atoms with Crippen molar-refractivity contribution in [2.45, 2.75) is 26.7 Å². The Labute approximate surface area is 110 Å². The summed E-state index contributed by atoms with van der Waals surface area (Å²) in [6.45, 7) is 7.75. The second kappa shape index (κ2) is 8.24. The SMILES string of the molecule is C=N/C(C)=C(\C/C=C\C=C/CC)c1ccccc1. The Morgan fingerprint density at radius 3 is 2.44 bits per heavy atom. The highest BCUT2D eigenvalue weighted by Gasteiger charge is 2.02. The van der Waals surface area contributed by atoms with E-state index in [4.69, 9.17) is 0 Å². The molecule has 0 saturated heterocycles. The van der Waals surface area contributed by atoms with E-state index in [-0.39, 0.29) is 0 Å². The first-order chi connectivity index (χ1) is 8.79. The second-order valence-electron chi connectivity index (χ2n) is 4.06. The normalized spacial score (nSPS) is 13.0. The maximum absolute atomic E-state index is 4.06. The number of hydrogen-bond acceptors (Lipinski definition) is 1. The molecule has 1 aromatic rings. The molecule has 94 valence electrons. The summed E-state index contributed by atoms with van der Waals surface area (Å²) in [4.78, 5) is 4.06. The van der Waals surface area contributed by atoms with Gasteiger partial charge < -0.3 is 0 Å². The van der Waals surface area contributed by atoms with Crippen molar-refractivity contribution in [2.24, 2.45) is 4.99 Å². The summed E-state index contributed by atoms with van der Waals surface area (Å²) in [7, 11) is 0. The van der Waals surface area contributed by atoms with Gasteiger partial charge in [-0.25, -0.2) is 0 Å². The van der Waals surface area contributed by atoms with Gasteiger partial charge in [0.25, 0.3) is 0 Å². The van der Waals surface area contributed by atoms with Crippen LogP contribution in [0.5, 0.6) is 0 Å². The number of nitrogens with zero attached hydrogens (tertiary/aromatic N) is 1. The lowest BCUT2D eigenvalue weighted by Crippen LogP contribution is -1.86. The molecule has 0 fully saturated rings. The summed E-state index contributed by atoms with van der Waals surface area (Å²) in [6, 6.07) is 10.3. The number of hydrogen-bond donors (Lipinski definition) is 0. The van der Waals surface area contributed by atoms with Crippen LogP contribution in [0.2, 0.25) is 0 Å². The maximum Gasteiger partial charge on any atom is 0.0406 e. The Morgan fingerprint density at radius 2 is 1.83 bits per heavy atom. The Kier molecular flexibility index (Phi) is 6.49. The number of allylic oxidation sites excluding steroid dienone is 6. The van der Waals surface area contributed by atoms with Crippen molar-refractivity contribution in [1.82, 2.24) is 0 Å². The molecule has 0 spiro atoms. The summed E-state index contributed by atoms with van der Waals surface area (Å²) in [5.74, 6) is 0. The zero-order valence-electron chi connectivity index (χ0n) is 11.3. The Hall–Kier alpha value is -1.89. The van der Waals surface area contributed by atoms with Gasteiger partial charge in [0, 0.05) is 5.70 Å². The van der Waals surface area contributed by atoms with Crippen molar-refractivity contribution in [3.63, 3.8) is 0 Å². The molecule has 0 bridgehead atoms. The van der Waals surface area contributed by atoms with E-state index in [0.29, 0.717) is 0 Å². The maximum atomic E-state index is 4.06. The molecule has 0 radical (unpaired) electrons. The first-order valence-corrected chi connectivity index (χ1v) is 6.33. The van der Waals surface area contributed by atoms with Gasteiger partial charge >= 0.3 is 0 Å². The average molecular weight is 239 g/mol. The molecule has 1 aromatic carbocycles. The van der Waals surface area contributed by atoms with Crippen molar-refractivity contribution in [3.8, 4) is 0 Å². The Bertz CT molecular complexity index is 450. The van der Waals surface area contributed by atoms with Crippen LogP contribution >= 0.6 is 0 Å². The van der Waals surface area contributed by atoms with Crippen LogP contribution in [-0.4, -0.2) is 6.72 Å². The molecule has 1 rings (SSSR count). The summed E-state index contributed by atoms with van der Waals surface area (Å²) >= 11 is 0. The van der Waals surface area contributed by atoms with Crippen LogP contribution in [0, 0.1) is 0 Å². The smallest absolute Gasteiger partial charge is 0.0406 e. The van der Waals surface area contributed by atoms with E-state index >= 15 is 0 Å². The third-order valence-corrected chi connectivity index (χ3v) is 2.74. The van der Waals surface area contributed by atoms with Gasteiger partial charge in [0.05, 0.1) is 0 Å². The number of rotatable bonds is 6. The van der Waals surface area contributed by atoms with Crippen molar-refractivity contribution >= 4 is 12.3 Å². The summed E-state index contributed by atoms with van der Waals surface area (Å²) in [6.07, 6.45) is 10.4. The molecular formula is C17H21N. The van der Waals surface area contributed by atoms with Gasteiger partial charge in [-0.1, -0.05) is 61.6 Å². The average Bonchev–Trinajstić information content (AvgIpc) is 2.43. The fourth-order valence-electron chi connectivity index (χ4n) is 1.69. The highest BCUT2D eigenvalue weighted by molar-refractivity contribution is 5.69. The zero-order chi connectivity index (χ0) is 13.2. The number of benzene rings is 1. The van der Waals surface area contributed by atoms with Gasteiger partial charge in [0.15, 0.2) is 0 Å². The largest absolute Gasteiger partial charge is 0.269 e. The third kappa shape index (κ3) is 4.54. The van der Waals surface area contributed by atoms with E-state index in [1.165, 1.54) is 11.1 Å². The summed E-state index contributed by atoms with van der Waals surface area (Å²) in [5.41, 5.74) is 3.43. The zero-order valence-corrected chi connectivity index (χ0v) is 11.3. The first kappa shape index (κ1) is 14.2. The summed E-state index contributed by atoms with van der Waals surface area (Å²) < 4.78 is 0. The topological polar surface area (TPSA) is 12.4 Å². The molecule has 1 nitrogen and oxygen atoms in total. The van der Waals surface area contributed by atoms with E-state index in [2.05, 4.69) is 55.1 Å². The van der Waals surface area contributed by atoms with Crippen molar-refractivity contribution in [2.75, 3.05) is 0 Å². The number of aliphatic imine (C=N–C) groups is 1. The predicted octanol–water partition coefficient (Wildman–Crippen LogP) is 5.03. The lowest BCUT2D eigenvalue weighted by molar-refractivity contribution is 1.22. The molecule has 1 heteroatoms. The molecule has 0 aliphatic heterocycles. The highest BCUT2D eigenvalue weighted by atomic mass is 14.7. The van der Waals surface area contributed by atoms with Crippen LogP contribution in [0.25, 0.3) is 5.57 Å². The van der Waals surface area contributed by atoms with Crippen LogP contribution in [0.4, 0.5) is 0 Å². The van der Waals surface area contributed by atoms with E-state index in [0.717, 1.165) is 18.5 Å². The van der Waals surface area contributed by atoms with Crippen LogP contribution in [0.3, 0.4) is 0 Å². The van der Waals surface area contributed by atoms with Crippen molar-refractivity contribution in [3.05, 3.63) is 65.9 Å². The highest BCUT2D eigenvalue weighted by Crippen LogP contribution is 2.23. The van der Waals surface area contributed by atoms with E-state index in [1.54, 1.807) is 0 Å². The van der Waals surface area contributed by atoms with Gasteiger partial charge in [-0.3, -0.25) is 4.99 Å². The minimum Gasteiger partial charge on any atom is -0.269 e. The molecule has 0 aliphatic carbocycles. The van der Waals surface area contributed by atoms with Crippen LogP contribution in [-0.2, 0) is 0 Å². The van der Waals surface area contributed by atoms with Gasteiger partial charge in [-0.15, -0.1) is 0 Å². The molecule has 0 aromatic heterocycles. The third-order valence-electron chi connectivity index (χ3n) is 2.74. The van der Waals surface area contributed by atoms with Gasteiger partial charge in [0.1, 0.15) is 0 Å². The minimum atomic E-state index is 0.878. The van der Waals surface area contributed by atoms with Crippen LogP contribution in [0.15, 0.2) is 65.3 Å². The molecule has 0 saturated carbocycles. The van der Waals surface area contributed by atoms with Crippen molar-refractivity contribution in [1.29, 1.82) is 0 Å². The predicted molar refractivity (Wildman–Crippen MR) is 81.8 cm³/mol. The van der Waals surface area contributed by atoms with Crippen LogP contribution in [0.1, 0.15) is 32.3 Å². The van der Waals surface area contributed by atoms with Gasteiger partial charge in [0.2, 0.25) is 0 Å². The van der Waals surface area contributed by atoms with E-state index in [9.17, 15) is 0 Å².